The van der Waals surface area contributed by atoms with Gasteiger partial charge in [0.15, 0.2) is 11.5 Å². The second-order valence-corrected chi connectivity index (χ2v) is 6.31. The van der Waals surface area contributed by atoms with Gasteiger partial charge in [0.2, 0.25) is 0 Å². The maximum absolute atomic E-state index is 4.75. The molecule has 0 aliphatic carbocycles. The number of hydrogen-bond donors (Lipinski definition) is 0. The van der Waals surface area contributed by atoms with Crippen LogP contribution in [-0.2, 0) is 12.8 Å². The number of hydrogen-bond acceptors (Lipinski definition) is 6. The maximum atomic E-state index is 4.75. The summed E-state index contributed by atoms with van der Waals surface area (Å²) in [5.74, 6) is 1.81. The standard InChI is InChI=1S/C17H21N7/c1-12-9-19-13(2)17-21-15(22-24(12)17)6-5-14-10-18-11-16(20-14)23-7-3-4-8-23/h9-11H,3-8H2,1-2H3. The van der Waals surface area contributed by atoms with Crippen molar-refractivity contribution in [1.29, 1.82) is 0 Å². The zero-order chi connectivity index (χ0) is 16.5. The summed E-state index contributed by atoms with van der Waals surface area (Å²) < 4.78 is 1.87. The highest BCUT2D eigenvalue weighted by atomic mass is 15.3. The van der Waals surface area contributed by atoms with Crippen molar-refractivity contribution in [3.8, 4) is 0 Å². The van der Waals surface area contributed by atoms with E-state index in [2.05, 4.69) is 25.0 Å². The molecule has 3 aromatic rings. The molecule has 1 saturated heterocycles. The monoisotopic (exact) mass is 323 g/mol. The molecule has 4 rings (SSSR count). The van der Waals surface area contributed by atoms with Gasteiger partial charge in [0.25, 0.3) is 0 Å². The molecule has 0 saturated carbocycles. The van der Waals surface area contributed by atoms with Gasteiger partial charge in [-0.15, -0.1) is 0 Å². The van der Waals surface area contributed by atoms with Crippen molar-refractivity contribution in [1.82, 2.24) is 29.5 Å². The zero-order valence-corrected chi connectivity index (χ0v) is 14.1. The molecule has 7 heteroatoms. The van der Waals surface area contributed by atoms with Crippen LogP contribution in [0.4, 0.5) is 5.82 Å². The highest BCUT2D eigenvalue weighted by molar-refractivity contribution is 5.43. The summed E-state index contributed by atoms with van der Waals surface area (Å²) in [6.45, 7) is 6.11. The van der Waals surface area contributed by atoms with E-state index in [1.807, 2.05) is 37.0 Å². The van der Waals surface area contributed by atoms with Gasteiger partial charge in [0.1, 0.15) is 5.82 Å². The van der Waals surface area contributed by atoms with Gasteiger partial charge in [0, 0.05) is 31.9 Å². The molecule has 0 N–H and O–H groups in total. The SMILES string of the molecule is Cc1ncc(C)n2nc(CCc3cncc(N4CCCC4)n3)nc12. The van der Waals surface area contributed by atoms with E-state index in [0.717, 1.165) is 60.3 Å². The lowest BCUT2D eigenvalue weighted by molar-refractivity contribution is 0.797. The first-order chi connectivity index (χ1) is 11.7. The summed E-state index contributed by atoms with van der Waals surface area (Å²) in [5, 5.41) is 4.59. The van der Waals surface area contributed by atoms with Crippen LogP contribution in [0.15, 0.2) is 18.6 Å². The first kappa shape index (κ1) is 15.0. The van der Waals surface area contributed by atoms with Crippen molar-refractivity contribution >= 4 is 11.5 Å². The molecule has 7 nitrogen and oxygen atoms in total. The largest absolute Gasteiger partial charge is 0.355 e. The van der Waals surface area contributed by atoms with Gasteiger partial charge in [-0.2, -0.15) is 5.10 Å². The summed E-state index contributed by atoms with van der Waals surface area (Å²) in [6, 6.07) is 0. The Kier molecular flexibility index (Phi) is 3.84. The number of nitrogens with zero attached hydrogens (tertiary/aromatic N) is 7. The Balaban J connectivity index is 1.52. The molecule has 1 aliphatic rings. The Labute approximate surface area is 140 Å². The van der Waals surface area contributed by atoms with Crippen LogP contribution in [0.3, 0.4) is 0 Å². The van der Waals surface area contributed by atoms with Gasteiger partial charge in [0.05, 0.1) is 23.3 Å². The molecule has 0 amide bonds. The van der Waals surface area contributed by atoms with E-state index in [1.54, 1.807) is 0 Å². The molecule has 0 radical (unpaired) electrons. The fourth-order valence-electron chi connectivity index (χ4n) is 3.10. The van der Waals surface area contributed by atoms with E-state index in [9.17, 15) is 0 Å². The molecule has 3 aromatic heterocycles. The molecule has 1 fully saturated rings. The number of aryl methyl sites for hydroxylation is 4. The summed E-state index contributed by atoms with van der Waals surface area (Å²) in [5.41, 5.74) is 3.71. The highest BCUT2D eigenvalue weighted by Gasteiger charge is 2.14. The third kappa shape index (κ3) is 2.81. The number of fused-ring (bicyclic) bond motifs is 1. The Morgan fingerprint density at radius 3 is 2.62 bits per heavy atom. The third-order valence-corrected chi connectivity index (χ3v) is 4.46. The molecular formula is C17H21N7. The van der Waals surface area contributed by atoms with Crippen molar-refractivity contribution in [2.75, 3.05) is 18.0 Å². The van der Waals surface area contributed by atoms with E-state index in [4.69, 9.17) is 4.98 Å². The van der Waals surface area contributed by atoms with Gasteiger partial charge >= 0.3 is 0 Å². The third-order valence-electron chi connectivity index (χ3n) is 4.46. The van der Waals surface area contributed by atoms with E-state index in [-0.39, 0.29) is 0 Å². The van der Waals surface area contributed by atoms with Crippen LogP contribution in [0, 0.1) is 13.8 Å². The number of rotatable bonds is 4. The molecule has 0 atom stereocenters. The molecule has 0 spiro atoms. The number of aromatic nitrogens is 6. The van der Waals surface area contributed by atoms with Crippen LogP contribution in [0.25, 0.3) is 5.65 Å². The predicted octanol–water partition coefficient (Wildman–Crippen LogP) is 1.92. The van der Waals surface area contributed by atoms with E-state index >= 15 is 0 Å². The average molecular weight is 323 g/mol. The van der Waals surface area contributed by atoms with Crippen molar-refractivity contribution in [2.24, 2.45) is 0 Å². The van der Waals surface area contributed by atoms with Crippen molar-refractivity contribution in [2.45, 2.75) is 39.5 Å². The normalized spacial score (nSPS) is 14.7. The van der Waals surface area contributed by atoms with Crippen LogP contribution in [0.2, 0.25) is 0 Å². The average Bonchev–Trinajstić information content (AvgIpc) is 3.27. The van der Waals surface area contributed by atoms with E-state index in [1.165, 1.54) is 12.8 Å². The summed E-state index contributed by atoms with van der Waals surface area (Å²) in [6.07, 6.45) is 9.54. The first-order valence-electron chi connectivity index (χ1n) is 8.44. The topological polar surface area (TPSA) is 72.1 Å². The van der Waals surface area contributed by atoms with Crippen LogP contribution in [0.5, 0.6) is 0 Å². The minimum Gasteiger partial charge on any atom is -0.355 e. The van der Waals surface area contributed by atoms with Crippen molar-refractivity contribution in [3.63, 3.8) is 0 Å². The van der Waals surface area contributed by atoms with Crippen LogP contribution >= 0.6 is 0 Å². The molecule has 24 heavy (non-hydrogen) atoms. The van der Waals surface area contributed by atoms with Gasteiger partial charge in [-0.1, -0.05) is 0 Å². The summed E-state index contributed by atoms with van der Waals surface area (Å²) in [7, 11) is 0. The molecule has 124 valence electrons. The summed E-state index contributed by atoms with van der Waals surface area (Å²) in [4.78, 5) is 20.4. The van der Waals surface area contributed by atoms with Gasteiger partial charge < -0.3 is 4.90 Å². The fourth-order valence-corrected chi connectivity index (χ4v) is 3.10. The second kappa shape index (κ2) is 6.14. The molecular weight excluding hydrogens is 302 g/mol. The highest BCUT2D eigenvalue weighted by Crippen LogP contribution is 2.17. The smallest absolute Gasteiger partial charge is 0.177 e. The van der Waals surface area contributed by atoms with Crippen molar-refractivity contribution < 1.29 is 0 Å². The zero-order valence-electron chi connectivity index (χ0n) is 14.1. The van der Waals surface area contributed by atoms with Gasteiger partial charge in [-0.25, -0.2) is 14.5 Å². The Bertz CT molecular complexity index is 826. The maximum Gasteiger partial charge on any atom is 0.177 e. The second-order valence-electron chi connectivity index (χ2n) is 6.31. The number of anilines is 1. The van der Waals surface area contributed by atoms with Crippen LogP contribution < -0.4 is 4.90 Å². The molecule has 4 heterocycles. The van der Waals surface area contributed by atoms with E-state index < -0.39 is 0 Å². The lowest BCUT2D eigenvalue weighted by atomic mass is 10.2. The Morgan fingerprint density at radius 2 is 1.83 bits per heavy atom. The quantitative estimate of drug-likeness (QED) is 0.730. The van der Waals surface area contributed by atoms with Crippen LogP contribution in [-0.4, -0.2) is 42.6 Å². The molecule has 1 aliphatic heterocycles. The Morgan fingerprint density at radius 1 is 1.00 bits per heavy atom. The lowest BCUT2D eigenvalue weighted by Crippen LogP contribution is -2.19. The molecule has 0 aromatic carbocycles. The minimum absolute atomic E-state index is 0.749. The Hall–Kier alpha value is -2.57. The van der Waals surface area contributed by atoms with E-state index in [0.29, 0.717) is 0 Å². The minimum atomic E-state index is 0.749. The predicted molar refractivity (Wildman–Crippen MR) is 91.1 cm³/mol. The van der Waals surface area contributed by atoms with Gasteiger partial charge in [-0.05, 0) is 33.1 Å². The molecule has 0 unspecified atom stereocenters. The van der Waals surface area contributed by atoms with Crippen LogP contribution in [0.1, 0.15) is 35.7 Å². The summed E-state index contributed by atoms with van der Waals surface area (Å²) >= 11 is 0. The lowest BCUT2D eigenvalue weighted by Gasteiger charge is -2.16. The fraction of sp³-hybridized carbons (Fsp3) is 0.471. The molecule has 0 bridgehead atoms. The van der Waals surface area contributed by atoms with Crippen molar-refractivity contribution in [3.05, 3.63) is 41.5 Å². The van der Waals surface area contributed by atoms with Gasteiger partial charge in [-0.3, -0.25) is 9.97 Å². The first-order valence-corrected chi connectivity index (χ1v) is 8.44.